The highest BCUT2D eigenvalue weighted by Crippen LogP contribution is 2.30. The molecule has 0 spiro atoms. The average molecular weight is 372 g/mol. The van der Waals surface area contributed by atoms with Crippen molar-refractivity contribution in [2.24, 2.45) is 5.92 Å². The van der Waals surface area contributed by atoms with Crippen molar-refractivity contribution in [3.63, 3.8) is 0 Å². The summed E-state index contributed by atoms with van der Waals surface area (Å²) in [7, 11) is 0. The van der Waals surface area contributed by atoms with Crippen molar-refractivity contribution in [1.29, 1.82) is 0 Å². The van der Waals surface area contributed by atoms with Crippen LogP contribution >= 0.6 is 11.3 Å². The van der Waals surface area contributed by atoms with Crippen molar-refractivity contribution < 1.29 is 9.59 Å². The van der Waals surface area contributed by atoms with Crippen molar-refractivity contribution >= 4 is 34.0 Å². The van der Waals surface area contributed by atoms with Gasteiger partial charge in [-0.2, -0.15) is 0 Å². The summed E-state index contributed by atoms with van der Waals surface area (Å²) in [5.74, 6) is -0.182. The number of carbonyl (C=O) groups is 2. The van der Waals surface area contributed by atoms with E-state index in [-0.39, 0.29) is 24.2 Å². The summed E-state index contributed by atoms with van der Waals surface area (Å²) in [5.41, 5.74) is 1.93. The van der Waals surface area contributed by atoms with Crippen LogP contribution in [0.5, 0.6) is 0 Å². The van der Waals surface area contributed by atoms with Crippen LogP contribution in [-0.4, -0.2) is 28.6 Å². The Kier molecular flexibility index (Phi) is 5.66. The van der Waals surface area contributed by atoms with Gasteiger partial charge in [0.05, 0.1) is 5.92 Å². The molecule has 2 aromatic rings. The Labute approximate surface area is 157 Å². The van der Waals surface area contributed by atoms with Crippen LogP contribution in [0.3, 0.4) is 0 Å². The van der Waals surface area contributed by atoms with E-state index < -0.39 is 0 Å². The molecule has 1 aliphatic rings. The fourth-order valence-corrected chi connectivity index (χ4v) is 4.24. The van der Waals surface area contributed by atoms with Gasteiger partial charge in [0.1, 0.15) is 5.01 Å². The Morgan fingerprint density at radius 1 is 1.35 bits per heavy atom. The summed E-state index contributed by atoms with van der Waals surface area (Å²) in [5, 5.41) is 12.6. The van der Waals surface area contributed by atoms with Crippen LogP contribution in [-0.2, 0) is 9.59 Å². The quantitative estimate of drug-likeness (QED) is 0.838. The Bertz CT molecular complexity index is 800. The average Bonchev–Trinajstić information content (AvgIpc) is 3.23. The lowest BCUT2D eigenvalue weighted by molar-refractivity contribution is -0.122. The summed E-state index contributed by atoms with van der Waals surface area (Å²) in [6.07, 6.45) is 2.22. The molecule has 1 saturated heterocycles. The van der Waals surface area contributed by atoms with Crippen LogP contribution in [0.25, 0.3) is 0 Å². The zero-order valence-corrected chi connectivity index (χ0v) is 16.2. The van der Waals surface area contributed by atoms with Crippen molar-refractivity contribution in [3.8, 4) is 0 Å². The highest BCUT2D eigenvalue weighted by Gasteiger charge is 2.35. The third kappa shape index (κ3) is 3.93. The summed E-state index contributed by atoms with van der Waals surface area (Å²) in [6, 6.07) is 7.77. The molecule has 1 aliphatic heterocycles. The minimum Gasteiger partial charge on any atom is -0.312 e. The highest BCUT2D eigenvalue weighted by atomic mass is 32.1. The maximum Gasteiger partial charge on any atom is 0.231 e. The SMILES string of the molecule is CCC(CC)c1nnc(NC(=O)C2CC(=O)N(c3cccc(C)c3)C2)s1. The Hall–Kier alpha value is -2.28. The van der Waals surface area contributed by atoms with Gasteiger partial charge in [0.15, 0.2) is 0 Å². The lowest BCUT2D eigenvalue weighted by atomic mass is 10.1. The van der Waals surface area contributed by atoms with Gasteiger partial charge in [0.25, 0.3) is 0 Å². The number of benzene rings is 1. The first kappa shape index (κ1) is 18.5. The van der Waals surface area contributed by atoms with E-state index in [1.165, 1.54) is 11.3 Å². The van der Waals surface area contributed by atoms with E-state index in [9.17, 15) is 9.59 Å². The maximum atomic E-state index is 12.6. The monoisotopic (exact) mass is 372 g/mol. The van der Waals surface area contributed by atoms with Gasteiger partial charge in [-0.15, -0.1) is 10.2 Å². The molecule has 3 rings (SSSR count). The van der Waals surface area contributed by atoms with Crippen molar-refractivity contribution in [1.82, 2.24) is 10.2 Å². The predicted molar refractivity (Wildman–Crippen MR) is 104 cm³/mol. The number of hydrogen-bond donors (Lipinski definition) is 1. The molecule has 0 saturated carbocycles. The van der Waals surface area contributed by atoms with E-state index in [4.69, 9.17) is 0 Å². The van der Waals surface area contributed by atoms with Gasteiger partial charge in [0, 0.05) is 24.6 Å². The van der Waals surface area contributed by atoms with Gasteiger partial charge < -0.3 is 10.2 Å². The molecule has 1 aromatic heterocycles. The molecule has 6 nitrogen and oxygen atoms in total. The third-order valence-electron chi connectivity index (χ3n) is 4.81. The van der Waals surface area contributed by atoms with Gasteiger partial charge in [-0.1, -0.05) is 37.3 Å². The molecule has 1 aromatic carbocycles. The number of hydrogen-bond acceptors (Lipinski definition) is 5. The molecular formula is C19H24N4O2S. The largest absolute Gasteiger partial charge is 0.312 e. The molecule has 1 fully saturated rings. The molecule has 1 atom stereocenters. The lowest BCUT2D eigenvalue weighted by Gasteiger charge is -2.17. The number of rotatable bonds is 6. The number of carbonyl (C=O) groups excluding carboxylic acids is 2. The highest BCUT2D eigenvalue weighted by molar-refractivity contribution is 7.15. The molecular weight excluding hydrogens is 348 g/mol. The van der Waals surface area contributed by atoms with Crippen LogP contribution in [0.2, 0.25) is 0 Å². The summed E-state index contributed by atoms with van der Waals surface area (Å²) >= 11 is 1.42. The van der Waals surface area contributed by atoms with Crippen LogP contribution in [0, 0.1) is 12.8 Å². The van der Waals surface area contributed by atoms with Gasteiger partial charge in [-0.25, -0.2) is 0 Å². The lowest BCUT2D eigenvalue weighted by Crippen LogP contribution is -2.28. The molecule has 1 N–H and O–H groups in total. The first-order valence-electron chi connectivity index (χ1n) is 9.03. The molecule has 0 radical (unpaired) electrons. The molecule has 0 bridgehead atoms. The summed E-state index contributed by atoms with van der Waals surface area (Å²) in [4.78, 5) is 26.6. The zero-order valence-electron chi connectivity index (χ0n) is 15.4. The van der Waals surface area contributed by atoms with Crippen LogP contribution in [0.4, 0.5) is 10.8 Å². The molecule has 7 heteroatoms. The van der Waals surface area contributed by atoms with E-state index in [0.29, 0.717) is 17.6 Å². The second-order valence-corrected chi connectivity index (χ2v) is 7.70. The second kappa shape index (κ2) is 7.95. The summed E-state index contributed by atoms with van der Waals surface area (Å²) in [6.45, 7) is 6.63. The Balaban J connectivity index is 1.65. The fraction of sp³-hybridized carbons (Fsp3) is 0.474. The van der Waals surface area contributed by atoms with Gasteiger partial charge in [0.2, 0.25) is 16.9 Å². The van der Waals surface area contributed by atoms with Crippen molar-refractivity contribution in [2.45, 2.75) is 46.0 Å². The minimum absolute atomic E-state index is 0.0225. The topological polar surface area (TPSA) is 75.2 Å². The van der Waals surface area contributed by atoms with Crippen molar-refractivity contribution in [3.05, 3.63) is 34.8 Å². The predicted octanol–water partition coefficient (Wildman–Crippen LogP) is 3.74. The second-order valence-electron chi connectivity index (χ2n) is 6.69. The Morgan fingerprint density at radius 2 is 2.12 bits per heavy atom. The molecule has 2 heterocycles. The van der Waals surface area contributed by atoms with E-state index in [0.717, 1.165) is 29.1 Å². The van der Waals surface area contributed by atoms with Crippen LogP contribution in [0.15, 0.2) is 24.3 Å². The van der Waals surface area contributed by atoms with Gasteiger partial charge in [-0.05, 0) is 37.5 Å². The zero-order chi connectivity index (χ0) is 18.7. The number of anilines is 2. The number of amides is 2. The molecule has 138 valence electrons. The summed E-state index contributed by atoms with van der Waals surface area (Å²) < 4.78 is 0. The fourth-order valence-electron chi connectivity index (χ4n) is 3.22. The van der Waals surface area contributed by atoms with E-state index in [1.807, 2.05) is 31.2 Å². The number of nitrogens with zero attached hydrogens (tertiary/aromatic N) is 3. The molecule has 2 amide bonds. The van der Waals surface area contributed by atoms with Crippen LogP contribution < -0.4 is 10.2 Å². The molecule has 0 aliphatic carbocycles. The van der Waals surface area contributed by atoms with Gasteiger partial charge in [-0.3, -0.25) is 9.59 Å². The van der Waals surface area contributed by atoms with E-state index in [2.05, 4.69) is 29.4 Å². The molecule has 1 unspecified atom stereocenters. The minimum atomic E-state index is -0.372. The Morgan fingerprint density at radius 3 is 2.81 bits per heavy atom. The standard InChI is InChI=1S/C19H24N4O2S/c1-4-13(5-2)18-21-22-19(26-18)20-17(25)14-10-16(24)23(11-14)15-8-6-7-12(3)9-15/h6-9,13-14H,4-5,10-11H2,1-3H3,(H,20,22,25). The maximum absolute atomic E-state index is 12.6. The first-order chi connectivity index (χ1) is 12.5. The van der Waals surface area contributed by atoms with Crippen molar-refractivity contribution in [2.75, 3.05) is 16.8 Å². The number of aryl methyl sites for hydroxylation is 1. The molecule has 26 heavy (non-hydrogen) atoms. The van der Waals surface area contributed by atoms with E-state index >= 15 is 0 Å². The number of aromatic nitrogens is 2. The van der Waals surface area contributed by atoms with Crippen LogP contribution in [0.1, 0.15) is 49.6 Å². The van der Waals surface area contributed by atoms with Gasteiger partial charge >= 0.3 is 0 Å². The van der Waals surface area contributed by atoms with E-state index in [1.54, 1.807) is 4.90 Å². The first-order valence-corrected chi connectivity index (χ1v) is 9.84. The smallest absolute Gasteiger partial charge is 0.231 e. The third-order valence-corrected chi connectivity index (χ3v) is 5.82. The normalized spacial score (nSPS) is 17.2. The number of nitrogens with one attached hydrogen (secondary N) is 1.